The number of benzene rings is 1. The Kier molecular flexibility index (Phi) is 4.32. The molecule has 0 aliphatic carbocycles. The molecular weight excluding hydrogens is 280 g/mol. The van der Waals surface area contributed by atoms with E-state index in [9.17, 15) is 4.79 Å². The van der Waals surface area contributed by atoms with Crippen LogP contribution in [0.3, 0.4) is 0 Å². The maximum atomic E-state index is 11.9. The minimum Gasteiger partial charge on any atom is -0.330 e. The van der Waals surface area contributed by atoms with Crippen LogP contribution in [0.2, 0.25) is 5.02 Å². The van der Waals surface area contributed by atoms with E-state index in [4.69, 9.17) is 16.9 Å². The van der Waals surface area contributed by atoms with E-state index in [2.05, 4.69) is 25.8 Å². The van der Waals surface area contributed by atoms with E-state index in [0.717, 1.165) is 0 Å². The van der Waals surface area contributed by atoms with E-state index >= 15 is 0 Å². The molecule has 0 saturated heterocycles. The van der Waals surface area contributed by atoms with Gasteiger partial charge in [-0.15, -0.1) is 0 Å². The van der Waals surface area contributed by atoms with E-state index in [-0.39, 0.29) is 5.57 Å². The number of nitriles is 1. The highest BCUT2D eigenvalue weighted by molar-refractivity contribution is 6.31. The van der Waals surface area contributed by atoms with Crippen molar-refractivity contribution in [2.24, 2.45) is 0 Å². The van der Waals surface area contributed by atoms with E-state index in [0.29, 0.717) is 16.7 Å². The highest BCUT2D eigenvalue weighted by Crippen LogP contribution is 2.15. The van der Waals surface area contributed by atoms with Crippen LogP contribution in [0.1, 0.15) is 0 Å². The predicted octanol–water partition coefficient (Wildman–Crippen LogP) is 1.92. The van der Waals surface area contributed by atoms with Crippen molar-refractivity contribution in [3.8, 4) is 6.07 Å². The third-order valence-electron chi connectivity index (χ3n) is 2.22. The van der Waals surface area contributed by atoms with Crippen LogP contribution in [0.25, 0.3) is 0 Å². The molecular formula is C12H9ClN6O. The zero-order valence-corrected chi connectivity index (χ0v) is 10.8. The molecule has 0 unspecified atom stereocenters. The molecule has 1 aromatic heterocycles. The first-order chi connectivity index (χ1) is 9.69. The van der Waals surface area contributed by atoms with E-state index < -0.39 is 5.91 Å². The lowest BCUT2D eigenvalue weighted by molar-refractivity contribution is -0.112. The Balaban J connectivity index is 2.06. The summed E-state index contributed by atoms with van der Waals surface area (Å²) in [5.41, 5.74) is 0.393. The van der Waals surface area contributed by atoms with Gasteiger partial charge in [-0.05, 0) is 18.2 Å². The number of aromatic amines is 1. The summed E-state index contributed by atoms with van der Waals surface area (Å²) in [7, 11) is 0. The molecule has 0 radical (unpaired) electrons. The Morgan fingerprint density at radius 1 is 1.50 bits per heavy atom. The first-order valence-electron chi connectivity index (χ1n) is 5.48. The summed E-state index contributed by atoms with van der Waals surface area (Å²) in [5, 5.41) is 20.8. The molecule has 20 heavy (non-hydrogen) atoms. The third kappa shape index (κ3) is 3.57. The largest absolute Gasteiger partial charge is 0.330 e. The smallest absolute Gasteiger partial charge is 0.267 e. The van der Waals surface area contributed by atoms with Gasteiger partial charge in [-0.2, -0.15) is 15.3 Å². The standard InChI is InChI=1S/C12H9ClN6O/c13-9-2-1-3-10(4-9)18-11(20)8(5-14)6-15-12-16-7-17-19-12/h1-4,6-7H,(H,18,20)(H2,15,16,17,19)/b8-6-. The van der Waals surface area contributed by atoms with Gasteiger partial charge in [0.25, 0.3) is 5.91 Å². The molecule has 2 rings (SSSR count). The van der Waals surface area contributed by atoms with Crippen molar-refractivity contribution in [1.29, 1.82) is 5.26 Å². The lowest BCUT2D eigenvalue weighted by Crippen LogP contribution is -2.14. The highest BCUT2D eigenvalue weighted by Gasteiger charge is 2.09. The number of H-pyrrole nitrogens is 1. The number of hydrogen-bond acceptors (Lipinski definition) is 5. The summed E-state index contributed by atoms with van der Waals surface area (Å²) in [6, 6.07) is 8.42. The molecule has 0 spiro atoms. The lowest BCUT2D eigenvalue weighted by Gasteiger charge is -2.04. The molecule has 8 heteroatoms. The molecule has 0 bridgehead atoms. The van der Waals surface area contributed by atoms with Gasteiger partial charge in [0.15, 0.2) is 0 Å². The van der Waals surface area contributed by atoms with Crippen molar-refractivity contribution in [2.45, 2.75) is 0 Å². The SMILES string of the molecule is N#C/C(=C/Nc1ncn[nH]1)C(=O)Nc1cccc(Cl)c1. The number of aromatic nitrogens is 3. The van der Waals surface area contributed by atoms with Crippen molar-refractivity contribution in [1.82, 2.24) is 15.2 Å². The van der Waals surface area contributed by atoms with Crippen LogP contribution >= 0.6 is 11.6 Å². The van der Waals surface area contributed by atoms with Crippen LogP contribution in [0.15, 0.2) is 42.4 Å². The number of hydrogen-bond donors (Lipinski definition) is 3. The zero-order valence-electron chi connectivity index (χ0n) is 10.1. The maximum Gasteiger partial charge on any atom is 0.267 e. The third-order valence-corrected chi connectivity index (χ3v) is 2.45. The summed E-state index contributed by atoms with van der Waals surface area (Å²) in [4.78, 5) is 15.7. The number of carbonyl (C=O) groups excluding carboxylic acids is 1. The van der Waals surface area contributed by atoms with Gasteiger partial charge in [0, 0.05) is 16.9 Å². The predicted molar refractivity (Wildman–Crippen MR) is 73.8 cm³/mol. The first-order valence-corrected chi connectivity index (χ1v) is 5.86. The Bertz CT molecular complexity index is 674. The number of amides is 1. The molecule has 0 aliphatic heterocycles. The van der Waals surface area contributed by atoms with Gasteiger partial charge in [0.05, 0.1) is 0 Å². The fourth-order valence-corrected chi connectivity index (χ4v) is 1.52. The molecule has 100 valence electrons. The van der Waals surface area contributed by atoms with Crippen LogP contribution in [0.4, 0.5) is 11.6 Å². The Morgan fingerprint density at radius 2 is 2.35 bits per heavy atom. The number of halogens is 1. The van der Waals surface area contributed by atoms with Crippen LogP contribution < -0.4 is 10.6 Å². The van der Waals surface area contributed by atoms with Crippen molar-refractivity contribution in [3.63, 3.8) is 0 Å². The topological polar surface area (TPSA) is 106 Å². The maximum absolute atomic E-state index is 11.9. The van der Waals surface area contributed by atoms with Gasteiger partial charge in [0.2, 0.25) is 5.95 Å². The molecule has 7 nitrogen and oxygen atoms in total. The van der Waals surface area contributed by atoms with Crippen molar-refractivity contribution in [2.75, 3.05) is 10.6 Å². The summed E-state index contributed by atoms with van der Waals surface area (Å²) in [6.07, 6.45) is 2.54. The van der Waals surface area contributed by atoms with Gasteiger partial charge in [-0.3, -0.25) is 4.79 Å². The summed E-state index contributed by atoms with van der Waals surface area (Å²) in [6.45, 7) is 0. The average molecular weight is 289 g/mol. The Morgan fingerprint density at radius 3 is 3.00 bits per heavy atom. The molecule has 0 atom stereocenters. The van der Waals surface area contributed by atoms with Crippen LogP contribution in [-0.4, -0.2) is 21.1 Å². The second-order valence-electron chi connectivity index (χ2n) is 3.61. The van der Waals surface area contributed by atoms with E-state index in [1.165, 1.54) is 12.5 Å². The van der Waals surface area contributed by atoms with Gasteiger partial charge < -0.3 is 10.6 Å². The molecule has 3 N–H and O–H groups in total. The molecule has 1 aromatic carbocycles. The minimum absolute atomic E-state index is 0.110. The fourth-order valence-electron chi connectivity index (χ4n) is 1.33. The minimum atomic E-state index is -0.554. The number of nitrogens with zero attached hydrogens (tertiary/aromatic N) is 3. The molecule has 0 fully saturated rings. The average Bonchev–Trinajstić information content (AvgIpc) is 2.92. The van der Waals surface area contributed by atoms with Crippen LogP contribution in [-0.2, 0) is 4.79 Å². The lowest BCUT2D eigenvalue weighted by atomic mass is 10.2. The summed E-state index contributed by atoms with van der Waals surface area (Å²) < 4.78 is 0. The summed E-state index contributed by atoms with van der Waals surface area (Å²) >= 11 is 5.81. The molecule has 0 saturated carbocycles. The first kappa shape index (κ1) is 13.6. The molecule has 1 amide bonds. The van der Waals surface area contributed by atoms with Crippen LogP contribution in [0.5, 0.6) is 0 Å². The normalized spacial score (nSPS) is 10.7. The van der Waals surface area contributed by atoms with Gasteiger partial charge in [0.1, 0.15) is 18.0 Å². The number of carbonyl (C=O) groups is 1. The monoisotopic (exact) mass is 288 g/mol. The van der Waals surface area contributed by atoms with Gasteiger partial charge in [-0.25, -0.2) is 5.10 Å². The number of anilines is 2. The Hall–Kier alpha value is -2.85. The van der Waals surface area contributed by atoms with Gasteiger partial charge >= 0.3 is 0 Å². The van der Waals surface area contributed by atoms with Crippen molar-refractivity contribution < 1.29 is 4.79 Å². The number of rotatable bonds is 4. The zero-order chi connectivity index (χ0) is 14.4. The van der Waals surface area contributed by atoms with E-state index in [1.807, 2.05) is 0 Å². The quantitative estimate of drug-likeness (QED) is 0.588. The van der Waals surface area contributed by atoms with E-state index in [1.54, 1.807) is 30.3 Å². The van der Waals surface area contributed by atoms with Crippen molar-refractivity contribution >= 4 is 29.1 Å². The van der Waals surface area contributed by atoms with Crippen molar-refractivity contribution in [3.05, 3.63) is 47.4 Å². The highest BCUT2D eigenvalue weighted by atomic mass is 35.5. The number of nitrogens with one attached hydrogen (secondary N) is 3. The molecule has 1 heterocycles. The summed E-state index contributed by atoms with van der Waals surface area (Å²) in [5.74, 6) is -0.227. The Labute approximate surface area is 119 Å². The molecule has 2 aromatic rings. The van der Waals surface area contributed by atoms with Crippen LogP contribution in [0, 0.1) is 11.3 Å². The van der Waals surface area contributed by atoms with Gasteiger partial charge in [-0.1, -0.05) is 17.7 Å². The fraction of sp³-hybridized carbons (Fsp3) is 0. The second kappa shape index (κ2) is 6.36. The second-order valence-corrected chi connectivity index (χ2v) is 4.05. The molecule has 0 aliphatic rings.